The average molecular weight is 243 g/mol. The van der Waals surface area contributed by atoms with Gasteiger partial charge in [-0.3, -0.25) is 9.59 Å². The van der Waals surface area contributed by atoms with Crippen LogP contribution < -0.4 is 0 Å². The highest BCUT2D eigenvalue weighted by molar-refractivity contribution is 5.89. The van der Waals surface area contributed by atoms with Gasteiger partial charge in [-0.05, 0) is 6.42 Å². The van der Waals surface area contributed by atoms with E-state index in [-0.39, 0.29) is 17.9 Å². The zero-order chi connectivity index (χ0) is 12.4. The van der Waals surface area contributed by atoms with E-state index in [9.17, 15) is 9.59 Å². The molecule has 0 unspecified atom stereocenters. The summed E-state index contributed by atoms with van der Waals surface area (Å²) < 4.78 is 10.4. The lowest BCUT2D eigenvalue weighted by molar-refractivity contribution is -0.146. The van der Waals surface area contributed by atoms with Crippen molar-refractivity contribution in [1.29, 1.82) is 0 Å². The lowest BCUT2D eigenvalue weighted by atomic mass is 10.2. The summed E-state index contributed by atoms with van der Waals surface area (Å²) >= 11 is 0. The van der Waals surface area contributed by atoms with E-state index >= 15 is 0 Å². The van der Waals surface area contributed by atoms with Crippen LogP contribution in [0.3, 0.4) is 0 Å². The van der Waals surface area contributed by atoms with Crippen LogP contribution in [0.2, 0.25) is 0 Å². The van der Waals surface area contributed by atoms with Crippen LogP contribution in [-0.4, -0.2) is 61.4 Å². The predicted molar refractivity (Wildman–Crippen MR) is 57.4 cm³/mol. The summed E-state index contributed by atoms with van der Waals surface area (Å²) in [6.45, 7) is 1.98. The standard InChI is InChI=1S/C11H17NO5/c1-16-6-7-5-12(2-3-17-7)10(13)8-4-9(8)11(14)15/h7-9H,2-6H2,1H3,(H,14,15)/t7-,8-,9-/m0/s1. The molecule has 1 saturated carbocycles. The summed E-state index contributed by atoms with van der Waals surface area (Å²) in [7, 11) is 1.59. The first-order chi connectivity index (χ1) is 8.13. The fourth-order valence-corrected chi connectivity index (χ4v) is 2.18. The molecule has 17 heavy (non-hydrogen) atoms. The van der Waals surface area contributed by atoms with Gasteiger partial charge in [0.2, 0.25) is 5.91 Å². The van der Waals surface area contributed by atoms with Crippen LogP contribution in [0.1, 0.15) is 6.42 Å². The monoisotopic (exact) mass is 243 g/mol. The van der Waals surface area contributed by atoms with Crippen molar-refractivity contribution in [3.63, 3.8) is 0 Å². The Hall–Kier alpha value is -1.14. The van der Waals surface area contributed by atoms with Crippen molar-refractivity contribution >= 4 is 11.9 Å². The van der Waals surface area contributed by atoms with Crippen LogP contribution in [0.5, 0.6) is 0 Å². The highest BCUT2D eigenvalue weighted by Gasteiger charge is 2.50. The van der Waals surface area contributed by atoms with Gasteiger partial charge in [-0.15, -0.1) is 0 Å². The molecule has 96 valence electrons. The molecular weight excluding hydrogens is 226 g/mol. The summed E-state index contributed by atoms with van der Waals surface area (Å²) in [6, 6.07) is 0. The Bertz CT molecular complexity index is 317. The van der Waals surface area contributed by atoms with Gasteiger partial charge in [-0.1, -0.05) is 0 Å². The van der Waals surface area contributed by atoms with Gasteiger partial charge >= 0.3 is 5.97 Å². The van der Waals surface area contributed by atoms with Gasteiger partial charge in [0, 0.05) is 20.2 Å². The second-order valence-electron chi connectivity index (χ2n) is 4.52. The molecular formula is C11H17NO5. The molecule has 3 atom stereocenters. The topological polar surface area (TPSA) is 76.1 Å². The highest BCUT2D eigenvalue weighted by Crippen LogP contribution is 2.40. The summed E-state index contributed by atoms with van der Waals surface area (Å²) in [5.74, 6) is -1.73. The van der Waals surface area contributed by atoms with Crippen LogP contribution in [0, 0.1) is 11.8 Å². The number of nitrogens with zero attached hydrogens (tertiary/aromatic N) is 1. The maximum atomic E-state index is 12.0. The Labute approximate surface area is 99.5 Å². The number of amides is 1. The second-order valence-corrected chi connectivity index (χ2v) is 4.52. The molecule has 2 rings (SSSR count). The van der Waals surface area contributed by atoms with Gasteiger partial charge in [0.1, 0.15) is 0 Å². The number of ether oxygens (including phenoxy) is 2. The molecule has 1 saturated heterocycles. The Balaban J connectivity index is 1.85. The van der Waals surface area contributed by atoms with Crippen molar-refractivity contribution in [1.82, 2.24) is 4.90 Å². The second kappa shape index (κ2) is 5.01. The normalized spacial score (nSPS) is 32.3. The molecule has 0 aromatic rings. The molecule has 2 fully saturated rings. The smallest absolute Gasteiger partial charge is 0.307 e. The van der Waals surface area contributed by atoms with Gasteiger partial charge in [-0.25, -0.2) is 0 Å². The van der Waals surface area contributed by atoms with E-state index in [4.69, 9.17) is 14.6 Å². The first kappa shape index (κ1) is 12.3. The van der Waals surface area contributed by atoms with Gasteiger partial charge in [-0.2, -0.15) is 0 Å². The van der Waals surface area contributed by atoms with Crippen LogP contribution >= 0.6 is 0 Å². The Morgan fingerprint density at radius 2 is 2.24 bits per heavy atom. The van der Waals surface area contributed by atoms with Gasteiger partial charge in [0.15, 0.2) is 0 Å². The molecule has 1 N–H and O–H groups in total. The Morgan fingerprint density at radius 3 is 2.82 bits per heavy atom. The van der Waals surface area contributed by atoms with Crippen molar-refractivity contribution in [3.05, 3.63) is 0 Å². The van der Waals surface area contributed by atoms with E-state index in [0.29, 0.717) is 32.7 Å². The molecule has 1 aliphatic heterocycles. The Morgan fingerprint density at radius 1 is 1.47 bits per heavy atom. The molecule has 0 bridgehead atoms. The van der Waals surface area contributed by atoms with Crippen LogP contribution in [0.25, 0.3) is 0 Å². The van der Waals surface area contributed by atoms with Crippen molar-refractivity contribution in [2.45, 2.75) is 12.5 Å². The van der Waals surface area contributed by atoms with Crippen molar-refractivity contribution in [3.8, 4) is 0 Å². The maximum Gasteiger partial charge on any atom is 0.307 e. The van der Waals surface area contributed by atoms with E-state index in [0.717, 1.165) is 0 Å². The third-order valence-electron chi connectivity index (χ3n) is 3.23. The number of hydrogen-bond acceptors (Lipinski definition) is 4. The largest absolute Gasteiger partial charge is 0.481 e. The van der Waals surface area contributed by atoms with Gasteiger partial charge in [0.25, 0.3) is 0 Å². The molecule has 1 heterocycles. The van der Waals surface area contributed by atoms with E-state index in [1.54, 1.807) is 12.0 Å². The first-order valence-corrected chi connectivity index (χ1v) is 5.75. The molecule has 1 amide bonds. The van der Waals surface area contributed by atoms with E-state index in [1.165, 1.54) is 0 Å². The van der Waals surface area contributed by atoms with Crippen LogP contribution in [0.4, 0.5) is 0 Å². The molecule has 0 aromatic carbocycles. The molecule has 6 heteroatoms. The van der Waals surface area contributed by atoms with Gasteiger partial charge < -0.3 is 19.5 Å². The lowest BCUT2D eigenvalue weighted by Gasteiger charge is -2.32. The third-order valence-corrected chi connectivity index (χ3v) is 3.23. The molecule has 0 aromatic heterocycles. The number of rotatable bonds is 4. The van der Waals surface area contributed by atoms with Crippen LogP contribution in [0.15, 0.2) is 0 Å². The number of morpholine rings is 1. The summed E-state index contributed by atoms with van der Waals surface area (Å²) in [4.78, 5) is 24.4. The third kappa shape index (κ3) is 2.76. The van der Waals surface area contributed by atoms with E-state index < -0.39 is 11.9 Å². The van der Waals surface area contributed by atoms with Crippen molar-refractivity contribution < 1.29 is 24.2 Å². The summed E-state index contributed by atoms with van der Waals surface area (Å²) in [5, 5.41) is 8.79. The number of carboxylic acid groups (broad SMARTS) is 1. The zero-order valence-corrected chi connectivity index (χ0v) is 9.80. The number of methoxy groups -OCH3 is 1. The zero-order valence-electron chi connectivity index (χ0n) is 9.80. The Kier molecular flexibility index (Phi) is 3.63. The lowest BCUT2D eigenvalue weighted by Crippen LogP contribution is -2.48. The number of hydrogen-bond donors (Lipinski definition) is 1. The fraction of sp³-hybridized carbons (Fsp3) is 0.818. The number of aliphatic carboxylic acids is 1. The molecule has 0 spiro atoms. The van der Waals surface area contributed by atoms with Gasteiger partial charge in [0.05, 0.1) is 31.2 Å². The number of carbonyl (C=O) groups is 2. The highest BCUT2D eigenvalue weighted by atomic mass is 16.5. The molecule has 0 radical (unpaired) electrons. The number of carbonyl (C=O) groups excluding carboxylic acids is 1. The van der Waals surface area contributed by atoms with E-state index in [1.807, 2.05) is 0 Å². The fourth-order valence-electron chi connectivity index (χ4n) is 2.18. The molecule has 6 nitrogen and oxygen atoms in total. The number of carboxylic acids is 1. The minimum absolute atomic E-state index is 0.0539. The summed E-state index contributed by atoms with van der Waals surface area (Å²) in [6.07, 6.45) is 0.375. The van der Waals surface area contributed by atoms with E-state index in [2.05, 4.69) is 0 Å². The summed E-state index contributed by atoms with van der Waals surface area (Å²) in [5.41, 5.74) is 0. The quantitative estimate of drug-likeness (QED) is 0.725. The minimum atomic E-state index is -0.870. The van der Waals surface area contributed by atoms with Crippen molar-refractivity contribution in [2.75, 3.05) is 33.4 Å². The molecule has 2 aliphatic rings. The predicted octanol–water partition coefficient (Wildman–Crippen LogP) is -0.419. The first-order valence-electron chi connectivity index (χ1n) is 5.75. The molecule has 1 aliphatic carbocycles. The minimum Gasteiger partial charge on any atom is -0.481 e. The maximum absolute atomic E-state index is 12.0. The SMILES string of the molecule is COC[C@@H]1CN(C(=O)[C@H]2C[C@@H]2C(=O)O)CCO1. The van der Waals surface area contributed by atoms with Crippen molar-refractivity contribution in [2.24, 2.45) is 11.8 Å². The van der Waals surface area contributed by atoms with Crippen LogP contribution in [-0.2, 0) is 19.1 Å². The average Bonchev–Trinajstić information content (AvgIpc) is 3.09.